The highest BCUT2D eigenvalue weighted by Gasteiger charge is 2.16. The van der Waals surface area contributed by atoms with Gasteiger partial charge in [0.05, 0.1) is 12.9 Å². The monoisotopic (exact) mass is 272 g/mol. The Morgan fingerprint density at radius 3 is 2.94 bits per heavy atom. The summed E-state index contributed by atoms with van der Waals surface area (Å²) in [5.74, 6) is 0. The van der Waals surface area contributed by atoms with Gasteiger partial charge in [0.15, 0.2) is 0 Å². The van der Waals surface area contributed by atoms with Gasteiger partial charge in [0.25, 0.3) is 0 Å². The molecule has 0 aromatic carbocycles. The van der Waals surface area contributed by atoms with Crippen LogP contribution in [0, 0.1) is 0 Å². The lowest BCUT2D eigenvalue weighted by Crippen LogP contribution is -2.22. The van der Waals surface area contributed by atoms with Gasteiger partial charge < -0.3 is 10.7 Å². The molecular formula is C9H12N4O2S2. The molecular weight excluding hydrogens is 260 g/mol. The summed E-state index contributed by atoms with van der Waals surface area (Å²) in [5, 5.41) is 1.74. The Morgan fingerprint density at radius 1 is 1.53 bits per heavy atom. The van der Waals surface area contributed by atoms with E-state index >= 15 is 0 Å². The van der Waals surface area contributed by atoms with E-state index in [4.69, 9.17) is 5.73 Å². The third-order valence-electron chi connectivity index (χ3n) is 2.14. The van der Waals surface area contributed by atoms with Crippen molar-refractivity contribution >= 4 is 21.4 Å². The second kappa shape index (κ2) is 4.96. The van der Waals surface area contributed by atoms with Gasteiger partial charge in [0.1, 0.15) is 4.21 Å². The highest BCUT2D eigenvalue weighted by atomic mass is 32.2. The van der Waals surface area contributed by atoms with E-state index in [0.717, 1.165) is 16.9 Å². The Bertz CT molecular complexity index is 574. The predicted octanol–water partition coefficient (Wildman–Crippen LogP) is 0.408. The van der Waals surface area contributed by atoms with E-state index in [2.05, 4.69) is 14.7 Å². The van der Waals surface area contributed by atoms with Gasteiger partial charge in [-0.05, 0) is 17.0 Å². The summed E-state index contributed by atoms with van der Waals surface area (Å²) in [7, 11) is -3.46. The molecule has 0 unspecified atom stereocenters. The van der Waals surface area contributed by atoms with E-state index in [1.54, 1.807) is 17.6 Å². The maximum absolute atomic E-state index is 11.9. The van der Waals surface area contributed by atoms with Crippen LogP contribution in [0.3, 0.4) is 0 Å². The normalized spacial score (nSPS) is 11.8. The molecule has 0 atom stereocenters. The SMILES string of the molecule is NCc1csc(S(=O)(=O)NCc2cnc[nH]2)c1. The van der Waals surface area contributed by atoms with Crippen molar-refractivity contribution in [2.24, 2.45) is 5.73 Å². The minimum Gasteiger partial charge on any atom is -0.347 e. The van der Waals surface area contributed by atoms with E-state index in [0.29, 0.717) is 12.2 Å². The Labute approximate surface area is 103 Å². The predicted molar refractivity (Wildman–Crippen MR) is 64.8 cm³/mol. The molecule has 0 bridgehead atoms. The van der Waals surface area contributed by atoms with Crippen molar-refractivity contribution < 1.29 is 8.42 Å². The topological polar surface area (TPSA) is 101 Å². The molecule has 2 heterocycles. The van der Waals surface area contributed by atoms with Gasteiger partial charge >= 0.3 is 0 Å². The molecule has 17 heavy (non-hydrogen) atoms. The summed E-state index contributed by atoms with van der Waals surface area (Å²) < 4.78 is 26.5. The molecule has 0 radical (unpaired) electrons. The Morgan fingerprint density at radius 2 is 2.35 bits per heavy atom. The fourth-order valence-electron chi connectivity index (χ4n) is 1.23. The summed E-state index contributed by atoms with van der Waals surface area (Å²) in [6.07, 6.45) is 3.07. The largest absolute Gasteiger partial charge is 0.347 e. The van der Waals surface area contributed by atoms with E-state index < -0.39 is 10.0 Å². The molecule has 0 aliphatic carbocycles. The van der Waals surface area contributed by atoms with Crippen LogP contribution in [-0.2, 0) is 23.1 Å². The number of nitrogens with one attached hydrogen (secondary N) is 2. The minimum absolute atomic E-state index is 0.193. The summed E-state index contributed by atoms with van der Waals surface area (Å²) >= 11 is 1.16. The molecule has 92 valence electrons. The average molecular weight is 272 g/mol. The molecule has 0 amide bonds. The average Bonchev–Trinajstić information content (AvgIpc) is 2.98. The van der Waals surface area contributed by atoms with Crippen molar-refractivity contribution in [3.8, 4) is 0 Å². The lowest BCUT2D eigenvalue weighted by molar-refractivity contribution is 0.582. The fourth-order valence-corrected chi connectivity index (χ4v) is 3.50. The number of nitrogens with two attached hydrogens (primary N) is 1. The van der Waals surface area contributed by atoms with Crippen LogP contribution in [0.15, 0.2) is 28.2 Å². The quantitative estimate of drug-likeness (QED) is 0.733. The second-order valence-corrected chi connectivity index (χ2v) is 6.28. The van der Waals surface area contributed by atoms with E-state index in [1.165, 1.54) is 6.33 Å². The van der Waals surface area contributed by atoms with Crippen molar-refractivity contribution in [2.75, 3.05) is 0 Å². The number of rotatable bonds is 5. The molecule has 0 fully saturated rings. The van der Waals surface area contributed by atoms with Gasteiger partial charge in [-0.3, -0.25) is 0 Å². The van der Waals surface area contributed by atoms with Gasteiger partial charge in [0.2, 0.25) is 10.0 Å². The molecule has 0 saturated heterocycles. The van der Waals surface area contributed by atoms with E-state index in [1.807, 2.05) is 0 Å². The van der Waals surface area contributed by atoms with Crippen LogP contribution in [0.25, 0.3) is 0 Å². The number of nitrogens with zero attached hydrogens (tertiary/aromatic N) is 1. The zero-order valence-corrected chi connectivity index (χ0v) is 10.5. The number of H-pyrrole nitrogens is 1. The highest BCUT2D eigenvalue weighted by molar-refractivity contribution is 7.91. The summed E-state index contributed by atoms with van der Waals surface area (Å²) in [4.78, 5) is 6.63. The van der Waals surface area contributed by atoms with Crippen molar-refractivity contribution in [3.63, 3.8) is 0 Å². The van der Waals surface area contributed by atoms with Crippen LogP contribution in [0.2, 0.25) is 0 Å². The van der Waals surface area contributed by atoms with Gasteiger partial charge in [-0.1, -0.05) is 0 Å². The van der Waals surface area contributed by atoms with Crippen molar-refractivity contribution in [3.05, 3.63) is 35.2 Å². The van der Waals surface area contributed by atoms with Gasteiger partial charge in [0, 0.05) is 18.4 Å². The van der Waals surface area contributed by atoms with Gasteiger partial charge in [-0.25, -0.2) is 18.1 Å². The van der Waals surface area contributed by atoms with Crippen LogP contribution in [-0.4, -0.2) is 18.4 Å². The molecule has 0 spiro atoms. The lowest BCUT2D eigenvalue weighted by atomic mass is 10.4. The van der Waals surface area contributed by atoms with Crippen molar-refractivity contribution in [1.29, 1.82) is 0 Å². The summed E-state index contributed by atoms with van der Waals surface area (Å²) in [6.45, 7) is 0.532. The molecule has 2 rings (SSSR count). The minimum atomic E-state index is -3.46. The standard InChI is InChI=1S/C9H12N4O2S2/c10-2-7-1-9(16-5-7)17(14,15)13-4-8-3-11-6-12-8/h1,3,5-6,13H,2,4,10H2,(H,11,12). The summed E-state index contributed by atoms with van der Waals surface area (Å²) in [5.41, 5.74) is 6.96. The first-order valence-corrected chi connectivity index (χ1v) is 7.22. The maximum Gasteiger partial charge on any atom is 0.250 e. The molecule has 0 saturated carbocycles. The number of aromatic nitrogens is 2. The molecule has 2 aromatic heterocycles. The zero-order chi connectivity index (χ0) is 12.3. The van der Waals surface area contributed by atoms with Crippen LogP contribution in [0.1, 0.15) is 11.3 Å². The number of sulfonamides is 1. The van der Waals surface area contributed by atoms with E-state index in [9.17, 15) is 8.42 Å². The maximum atomic E-state index is 11.9. The zero-order valence-electron chi connectivity index (χ0n) is 8.88. The first-order chi connectivity index (χ1) is 8.12. The first kappa shape index (κ1) is 12.2. The number of thiophene rings is 1. The molecule has 8 heteroatoms. The lowest BCUT2D eigenvalue weighted by Gasteiger charge is -2.02. The van der Waals surface area contributed by atoms with Crippen molar-refractivity contribution in [1.82, 2.24) is 14.7 Å². The number of imidazole rings is 1. The molecule has 2 aromatic rings. The Balaban J connectivity index is 2.08. The third-order valence-corrected chi connectivity index (χ3v) is 5.03. The number of hydrogen-bond acceptors (Lipinski definition) is 5. The number of hydrogen-bond donors (Lipinski definition) is 3. The van der Waals surface area contributed by atoms with Gasteiger partial charge in [-0.2, -0.15) is 0 Å². The summed E-state index contributed by atoms with van der Waals surface area (Å²) in [6, 6.07) is 1.58. The molecule has 0 aliphatic rings. The fraction of sp³-hybridized carbons (Fsp3) is 0.222. The smallest absolute Gasteiger partial charge is 0.250 e. The van der Waals surface area contributed by atoms with Crippen molar-refractivity contribution in [2.45, 2.75) is 17.3 Å². The molecule has 4 N–H and O–H groups in total. The second-order valence-electron chi connectivity index (χ2n) is 3.38. The molecule has 0 aliphatic heterocycles. The highest BCUT2D eigenvalue weighted by Crippen LogP contribution is 2.19. The first-order valence-electron chi connectivity index (χ1n) is 4.86. The van der Waals surface area contributed by atoms with Crippen LogP contribution >= 0.6 is 11.3 Å². The third kappa shape index (κ3) is 2.91. The molecule has 6 nitrogen and oxygen atoms in total. The Hall–Kier alpha value is -1.22. The Kier molecular flexibility index (Phi) is 3.57. The van der Waals surface area contributed by atoms with Crippen LogP contribution in [0.5, 0.6) is 0 Å². The number of aromatic amines is 1. The van der Waals surface area contributed by atoms with Gasteiger partial charge in [-0.15, -0.1) is 11.3 Å². The van der Waals surface area contributed by atoms with Crippen LogP contribution < -0.4 is 10.5 Å². The van der Waals surface area contributed by atoms with Crippen LogP contribution in [0.4, 0.5) is 0 Å². The van der Waals surface area contributed by atoms with E-state index in [-0.39, 0.29) is 10.8 Å².